The molecular weight excluding hydrogens is 375 g/mol. The number of pyridine rings is 1. The number of halogens is 2. The van der Waals surface area contributed by atoms with Gasteiger partial charge in [-0.15, -0.1) is 11.3 Å². The third kappa shape index (κ3) is 3.43. The molecule has 2 aromatic rings. The van der Waals surface area contributed by atoms with Crippen LogP contribution in [0, 0.1) is 0 Å². The zero-order valence-corrected chi connectivity index (χ0v) is 14.0. The van der Waals surface area contributed by atoms with Crippen LogP contribution in [0.15, 0.2) is 23.2 Å². The van der Waals surface area contributed by atoms with Crippen LogP contribution >= 0.6 is 34.5 Å². The van der Waals surface area contributed by atoms with Crippen molar-refractivity contribution in [1.82, 2.24) is 4.98 Å². The molecule has 2 rings (SSSR count). The summed E-state index contributed by atoms with van der Waals surface area (Å²) < 4.78 is 31.0. The average molecular weight is 383 g/mol. The second-order valence-electron chi connectivity index (χ2n) is 3.88. The quantitative estimate of drug-likeness (QED) is 0.787. The van der Waals surface area contributed by atoms with Crippen molar-refractivity contribution < 1.29 is 23.1 Å². The Balaban J connectivity index is 2.34. The lowest BCUT2D eigenvalue weighted by molar-refractivity contribution is 0.0600. The molecular formula is C11H8Cl2N2O5S2. The number of carbonyl (C=O) groups excluding carboxylic acids is 1. The van der Waals surface area contributed by atoms with Gasteiger partial charge in [-0.25, -0.2) is 18.2 Å². The molecule has 2 aromatic heterocycles. The van der Waals surface area contributed by atoms with Gasteiger partial charge in [0.1, 0.15) is 9.23 Å². The average Bonchev–Trinajstić information content (AvgIpc) is 2.79. The van der Waals surface area contributed by atoms with Gasteiger partial charge in [-0.1, -0.05) is 23.2 Å². The largest absolute Gasteiger partial charge is 0.504 e. The topological polar surface area (TPSA) is 106 Å². The van der Waals surface area contributed by atoms with E-state index in [9.17, 15) is 18.3 Å². The van der Waals surface area contributed by atoms with Crippen molar-refractivity contribution in [3.8, 4) is 5.75 Å². The number of aromatic hydroxyl groups is 1. The van der Waals surface area contributed by atoms with Crippen LogP contribution in [-0.2, 0) is 14.8 Å². The molecule has 11 heteroatoms. The van der Waals surface area contributed by atoms with Gasteiger partial charge < -0.3 is 9.84 Å². The number of hydrogen-bond donors (Lipinski definition) is 2. The van der Waals surface area contributed by atoms with Crippen LogP contribution in [0.5, 0.6) is 5.75 Å². The summed E-state index contributed by atoms with van der Waals surface area (Å²) in [5, 5.41) is 9.77. The number of nitrogens with zero attached hydrogens (tertiary/aromatic N) is 1. The van der Waals surface area contributed by atoms with E-state index in [-0.39, 0.29) is 24.9 Å². The Labute approximate surface area is 139 Å². The molecule has 0 aliphatic rings. The van der Waals surface area contributed by atoms with E-state index in [1.807, 2.05) is 0 Å². The number of thiophene rings is 1. The zero-order chi connectivity index (χ0) is 16.5. The van der Waals surface area contributed by atoms with Crippen molar-refractivity contribution >= 4 is 56.3 Å². The van der Waals surface area contributed by atoms with Gasteiger partial charge in [0.25, 0.3) is 10.0 Å². The van der Waals surface area contributed by atoms with Crippen LogP contribution < -0.4 is 4.72 Å². The Morgan fingerprint density at radius 3 is 2.59 bits per heavy atom. The Bertz CT molecular complexity index is 835. The van der Waals surface area contributed by atoms with Crippen molar-refractivity contribution in [2.45, 2.75) is 4.90 Å². The number of anilines is 1. The highest BCUT2D eigenvalue weighted by Gasteiger charge is 2.23. The van der Waals surface area contributed by atoms with Crippen LogP contribution in [0.4, 0.5) is 5.82 Å². The number of sulfonamides is 1. The van der Waals surface area contributed by atoms with E-state index in [0.717, 1.165) is 30.7 Å². The first-order valence-corrected chi connectivity index (χ1v) is 8.55. The minimum absolute atomic E-state index is 0.0248. The van der Waals surface area contributed by atoms with Crippen molar-refractivity contribution in [2.75, 3.05) is 11.8 Å². The molecule has 0 saturated heterocycles. The zero-order valence-electron chi connectivity index (χ0n) is 10.8. The summed E-state index contributed by atoms with van der Waals surface area (Å²) in [6, 6.07) is 2.20. The monoisotopic (exact) mass is 382 g/mol. The summed E-state index contributed by atoms with van der Waals surface area (Å²) in [6.07, 6.45) is 1.06. The molecule has 0 radical (unpaired) electrons. The summed E-state index contributed by atoms with van der Waals surface area (Å²) in [5.41, 5.74) is -0.0282. The summed E-state index contributed by atoms with van der Waals surface area (Å²) in [4.78, 5) is 14.7. The molecule has 0 spiro atoms. The molecule has 0 bridgehead atoms. The predicted molar refractivity (Wildman–Crippen MR) is 82.4 cm³/mol. The number of ether oxygens (including phenoxy) is 1. The van der Waals surface area contributed by atoms with Crippen molar-refractivity contribution in [2.24, 2.45) is 0 Å². The molecule has 2 N–H and O–H groups in total. The maximum Gasteiger partial charge on any atom is 0.339 e. The molecule has 0 fully saturated rings. The van der Waals surface area contributed by atoms with Gasteiger partial charge in [0, 0.05) is 6.20 Å². The lowest BCUT2D eigenvalue weighted by Gasteiger charge is -2.08. The lowest BCUT2D eigenvalue weighted by atomic mass is 10.3. The van der Waals surface area contributed by atoms with E-state index in [1.54, 1.807) is 0 Å². The second kappa shape index (κ2) is 6.29. The number of nitrogens with one attached hydrogen (secondary N) is 1. The fourth-order valence-electron chi connectivity index (χ4n) is 1.45. The second-order valence-corrected chi connectivity index (χ2v) is 7.81. The number of aromatic nitrogens is 1. The number of carbonyl (C=O) groups is 1. The van der Waals surface area contributed by atoms with Crippen LogP contribution in [0.25, 0.3) is 0 Å². The van der Waals surface area contributed by atoms with Crippen LogP contribution in [-0.4, -0.2) is 31.6 Å². The molecule has 0 aliphatic heterocycles. The highest BCUT2D eigenvalue weighted by Crippen LogP contribution is 2.35. The standard InChI is InChI=1S/C11H8Cl2N2O5S2/c1-20-11(17)5-2-6(16)10(14-4-5)15-22(18,19)7-3-8(12)21-9(7)13/h2-4,16H,1H3,(H,14,15). The Kier molecular flexibility index (Phi) is 4.81. The molecule has 2 heterocycles. The van der Waals surface area contributed by atoms with E-state index in [1.165, 1.54) is 6.07 Å². The first-order chi connectivity index (χ1) is 10.2. The van der Waals surface area contributed by atoms with Crippen LogP contribution in [0.3, 0.4) is 0 Å². The number of hydrogen-bond acceptors (Lipinski definition) is 7. The first-order valence-electron chi connectivity index (χ1n) is 5.49. The molecule has 118 valence electrons. The predicted octanol–water partition coefficient (Wildman–Crippen LogP) is 2.74. The fraction of sp³-hybridized carbons (Fsp3) is 0.0909. The summed E-state index contributed by atoms with van der Waals surface area (Å²) in [7, 11) is -2.91. The molecule has 0 amide bonds. The maximum atomic E-state index is 12.2. The minimum Gasteiger partial charge on any atom is -0.504 e. The van der Waals surface area contributed by atoms with Gasteiger partial charge in [0.2, 0.25) is 0 Å². The smallest absolute Gasteiger partial charge is 0.339 e. The summed E-state index contributed by atoms with van der Waals surface area (Å²) >= 11 is 12.4. The lowest BCUT2D eigenvalue weighted by Crippen LogP contribution is -2.14. The third-order valence-corrected chi connectivity index (χ3v) is 5.53. The Morgan fingerprint density at radius 2 is 2.09 bits per heavy atom. The number of methoxy groups -OCH3 is 1. The van der Waals surface area contributed by atoms with Gasteiger partial charge in [-0.05, 0) is 12.1 Å². The van der Waals surface area contributed by atoms with E-state index in [2.05, 4.69) is 14.4 Å². The summed E-state index contributed by atoms with van der Waals surface area (Å²) in [5.74, 6) is -1.61. The van der Waals surface area contributed by atoms with Gasteiger partial charge in [0.15, 0.2) is 11.6 Å². The van der Waals surface area contributed by atoms with Crippen LogP contribution in [0.2, 0.25) is 8.67 Å². The van der Waals surface area contributed by atoms with E-state index in [4.69, 9.17) is 23.2 Å². The molecule has 0 aromatic carbocycles. The third-order valence-electron chi connectivity index (χ3n) is 2.43. The highest BCUT2D eigenvalue weighted by atomic mass is 35.5. The summed E-state index contributed by atoms with van der Waals surface area (Å²) in [6.45, 7) is 0. The van der Waals surface area contributed by atoms with Crippen molar-refractivity contribution in [1.29, 1.82) is 0 Å². The van der Waals surface area contributed by atoms with Gasteiger partial charge >= 0.3 is 5.97 Å². The molecule has 0 unspecified atom stereocenters. The molecule has 0 atom stereocenters. The van der Waals surface area contributed by atoms with Gasteiger partial charge in [0.05, 0.1) is 17.0 Å². The van der Waals surface area contributed by atoms with E-state index >= 15 is 0 Å². The van der Waals surface area contributed by atoms with E-state index in [0.29, 0.717) is 0 Å². The highest BCUT2D eigenvalue weighted by molar-refractivity contribution is 7.93. The van der Waals surface area contributed by atoms with Crippen molar-refractivity contribution in [3.63, 3.8) is 0 Å². The van der Waals surface area contributed by atoms with Gasteiger partial charge in [-0.3, -0.25) is 4.72 Å². The van der Waals surface area contributed by atoms with Crippen molar-refractivity contribution in [3.05, 3.63) is 32.6 Å². The molecule has 22 heavy (non-hydrogen) atoms. The van der Waals surface area contributed by atoms with Gasteiger partial charge in [-0.2, -0.15) is 0 Å². The maximum absolute atomic E-state index is 12.2. The SMILES string of the molecule is COC(=O)c1cnc(NS(=O)(=O)c2cc(Cl)sc2Cl)c(O)c1. The molecule has 7 nitrogen and oxygen atoms in total. The van der Waals surface area contributed by atoms with E-state index < -0.39 is 21.7 Å². The Morgan fingerprint density at radius 1 is 1.41 bits per heavy atom. The minimum atomic E-state index is -4.08. The fourth-order valence-corrected chi connectivity index (χ4v) is 4.63. The first kappa shape index (κ1) is 16.8. The number of esters is 1. The molecule has 0 saturated carbocycles. The molecule has 0 aliphatic carbocycles. The normalized spacial score (nSPS) is 11.2. The van der Waals surface area contributed by atoms with Crippen LogP contribution in [0.1, 0.15) is 10.4 Å². The Hall–Kier alpha value is -1.55. The number of rotatable bonds is 4.